The lowest BCUT2D eigenvalue weighted by Gasteiger charge is -2.38. The van der Waals surface area contributed by atoms with Crippen LogP contribution in [0, 0.1) is 5.41 Å². The van der Waals surface area contributed by atoms with Gasteiger partial charge in [0, 0.05) is 19.5 Å². The van der Waals surface area contributed by atoms with E-state index < -0.39 is 0 Å². The van der Waals surface area contributed by atoms with Crippen LogP contribution in [0.3, 0.4) is 0 Å². The molecule has 0 N–H and O–H groups in total. The van der Waals surface area contributed by atoms with Crippen molar-refractivity contribution in [3.63, 3.8) is 0 Å². The number of benzene rings is 1. The van der Waals surface area contributed by atoms with E-state index in [1.807, 2.05) is 19.9 Å². The van der Waals surface area contributed by atoms with Gasteiger partial charge in [-0.1, -0.05) is 30.3 Å². The van der Waals surface area contributed by atoms with E-state index in [1.165, 1.54) is 5.56 Å². The van der Waals surface area contributed by atoms with Gasteiger partial charge in [-0.3, -0.25) is 9.69 Å². The first-order valence-corrected chi connectivity index (χ1v) is 7.49. The minimum absolute atomic E-state index is 0.0141. The fourth-order valence-corrected chi connectivity index (χ4v) is 3.80. The van der Waals surface area contributed by atoms with E-state index in [0.717, 1.165) is 38.9 Å². The van der Waals surface area contributed by atoms with Crippen LogP contribution in [0.1, 0.15) is 38.7 Å². The molecule has 1 atom stereocenters. The van der Waals surface area contributed by atoms with Crippen molar-refractivity contribution in [2.75, 3.05) is 13.1 Å². The van der Waals surface area contributed by atoms with Crippen molar-refractivity contribution in [2.45, 2.75) is 45.3 Å². The van der Waals surface area contributed by atoms with Gasteiger partial charge in [-0.2, -0.15) is 0 Å². The third-order valence-corrected chi connectivity index (χ3v) is 4.47. The van der Waals surface area contributed by atoms with Crippen LogP contribution in [0.4, 0.5) is 0 Å². The molecule has 2 fully saturated rings. The number of hydrogen-bond acceptors (Lipinski definition) is 3. The molecule has 0 radical (unpaired) electrons. The summed E-state index contributed by atoms with van der Waals surface area (Å²) in [5.74, 6) is 0.0141. The Morgan fingerprint density at radius 3 is 2.65 bits per heavy atom. The molecule has 2 heterocycles. The van der Waals surface area contributed by atoms with E-state index in [4.69, 9.17) is 4.74 Å². The first kappa shape index (κ1) is 13.6. The Balaban J connectivity index is 1.72. The number of rotatable bonds is 2. The van der Waals surface area contributed by atoms with Crippen LogP contribution in [-0.4, -0.2) is 29.6 Å². The highest BCUT2D eigenvalue weighted by Crippen LogP contribution is 2.46. The van der Waals surface area contributed by atoms with E-state index in [0.29, 0.717) is 0 Å². The Kier molecular flexibility index (Phi) is 3.33. The average molecular weight is 273 g/mol. The molecule has 3 nitrogen and oxygen atoms in total. The molecule has 1 spiro atoms. The van der Waals surface area contributed by atoms with Crippen molar-refractivity contribution in [3.05, 3.63) is 35.9 Å². The van der Waals surface area contributed by atoms with Crippen LogP contribution < -0.4 is 0 Å². The summed E-state index contributed by atoms with van der Waals surface area (Å²) in [6.07, 6.45) is 2.91. The van der Waals surface area contributed by atoms with Crippen LogP contribution in [0.25, 0.3) is 0 Å². The zero-order valence-corrected chi connectivity index (χ0v) is 12.4. The van der Waals surface area contributed by atoms with E-state index in [1.54, 1.807) is 0 Å². The topological polar surface area (TPSA) is 29.5 Å². The number of nitrogens with zero attached hydrogens (tertiary/aromatic N) is 1. The lowest BCUT2D eigenvalue weighted by atomic mass is 9.75. The molecular weight excluding hydrogens is 250 g/mol. The number of hydrogen-bond donors (Lipinski definition) is 0. The van der Waals surface area contributed by atoms with Crippen LogP contribution in [0.15, 0.2) is 30.3 Å². The van der Waals surface area contributed by atoms with Gasteiger partial charge in [-0.05, 0) is 38.8 Å². The zero-order chi connectivity index (χ0) is 14.2. The second-order valence-corrected chi connectivity index (χ2v) is 6.91. The molecule has 3 heteroatoms. The largest absolute Gasteiger partial charge is 0.459 e. The van der Waals surface area contributed by atoms with Crippen molar-refractivity contribution in [1.82, 2.24) is 4.90 Å². The summed E-state index contributed by atoms with van der Waals surface area (Å²) in [5.41, 5.74) is 0.749. The zero-order valence-electron chi connectivity index (χ0n) is 12.4. The predicted octanol–water partition coefficient (Wildman–Crippen LogP) is 2.99. The first-order chi connectivity index (χ1) is 9.49. The van der Waals surface area contributed by atoms with Crippen LogP contribution in [0.5, 0.6) is 0 Å². The molecule has 1 unspecified atom stereocenters. The maximum atomic E-state index is 12.3. The van der Waals surface area contributed by atoms with Crippen molar-refractivity contribution in [2.24, 2.45) is 5.41 Å². The molecule has 2 aliphatic rings. The Morgan fingerprint density at radius 2 is 2.00 bits per heavy atom. The van der Waals surface area contributed by atoms with Gasteiger partial charge < -0.3 is 4.74 Å². The minimum Gasteiger partial charge on any atom is -0.459 e. The number of ether oxygens (including phenoxy) is 1. The van der Waals surface area contributed by atoms with Crippen molar-refractivity contribution < 1.29 is 9.53 Å². The smallest absolute Gasteiger partial charge is 0.314 e. The fourth-order valence-electron chi connectivity index (χ4n) is 3.80. The number of piperidine rings is 1. The summed E-state index contributed by atoms with van der Waals surface area (Å²) in [5, 5.41) is 0. The molecule has 0 amide bonds. The summed E-state index contributed by atoms with van der Waals surface area (Å²) in [4.78, 5) is 14.7. The second kappa shape index (κ2) is 4.88. The van der Waals surface area contributed by atoms with Crippen LogP contribution in [0.2, 0.25) is 0 Å². The van der Waals surface area contributed by atoms with E-state index in [2.05, 4.69) is 29.2 Å². The lowest BCUT2D eigenvalue weighted by molar-refractivity contribution is -0.154. The third kappa shape index (κ3) is 2.59. The standard InChI is InChI=1S/C17H23NO2/c1-16(2)12-17(15(19)20-16)9-6-10-18(13-17)11-14-7-4-3-5-8-14/h3-5,7-8H,6,9-13H2,1-2H3. The second-order valence-electron chi connectivity index (χ2n) is 6.91. The first-order valence-electron chi connectivity index (χ1n) is 7.49. The molecule has 0 aromatic heterocycles. The molecule has 1 aromatic rings. The van der Waals surface area contributed by atoms with Crippen LogP contribution >= 0.6 is 0 Å². The molecule has 3 rings (SSSR count). The average Bonchev–Trinajstić information content (AvgIpc) is 2.60. The molecule has 0 aliphatic carbocycles. The Bertz CT molecular complexity index is 497. The monoisotopic (exact) mass is 273 g/mol. The van der Waals surface area contributed by atoms with Crippen LogP contribution in [-0.2, 0) is 16.1 Å². The SMILES string of the molecule is CC1(C)CC2(CCCN(Cc3ccccc3)C2)C(=O)O1. The van der Waals surface area contributed by atoms with Gasteiger partial charge in [0.05, 0.1) is 5.41 Å². The number of likely N-dealkylation sites (tertiary alicyclic amines) is 1. The fraction of sp³-hybridized carbons (Fsp3) is 0.588. The molecule has 2 saturated heterocycles. The number of carbonyl (C=O) groups is 1. The molecular formula is C17H23NO2. The molecule has 0 saturated carbocycles. The highest BCUT2D eigenvalue weighted by Gasteiger charge is 2.54. The van der Waals surface area contributed by atoms with Gasteiger partial charge in [0.1, 0.15) is 5.60 Å². The van der Waals surface area contributed by atoms with Crippen molar-refractivity contribution in [1.29, 1.82) is 0 Å². The van der Waals surface area contributed by atoms with Gasteiger partial charge >= 0.3 is 5.97 Å². The number of cyclic esters (lactones) is 1. The summed E-state index contributed by atoms with van der Waals surface area (Å²) < 4.78 is 5.57. The quantitative estimate of drug-likeness (QED) is 0.776. The Morgan fingerprint density at radius 1 is 1.25 bits per heavy atom. The third-order valence-electron chi connectivity index (χ3n) is 4.47. The van der Waals surface area contributed by atoms with Gasteiger partial charge in [-0.15, -0.1) is 0 Å². The molecule has 1 aromatic carbocycles. The Hall–Kier alpha value is -1.35. The van der Waals surface area contributed by atoms with E-state index in [-0.39, 0.29) is 17.0 Å². The molecule has 0 bridgehead atoms. The maximum absolute atomic E-state index is 12.3. The number of esters is 1. The highest BCUT2D eigenvalue weighted by molar-refractivity contribution is 5.80. The number of carbonyl (C=O) groups excluding carboxylic acids is 1. The minimum atomic E-state index is -0.299. The van der Waals surface area contributed by atoms with Crippen molar-refractivity contribution in [3.8, 4) is 0 Å². The highest BCUT2D eigenvalue weighted by atomic mass is 16.6. The van der Waals surface area contributed by atoms with Gasteiger partial charge in [-0.25, -0.2) is 0 Å². The maximum Gasteiger partial charge on any atom is 0.314 e. The molecule has 2 aliphatic heterocycles. The van der Waals surface area contributed by atoms with Gasteiger partial charge in [0.25, 0.3) is 0 Å². The van der Waals surface area contributed by atoms with Gasteiger partial charge in [0.2, 0.25) is 0 Å². The van der Waals surface area contributed by atoms with Crippen molar-refractivity contribution >= 4 is 5.97 Å². The Labute approximate surface area is 120 Å². The summed E-state index contributed by atoms with van der Waals surface area (Å²) >= 11 is 0. The molecule has 108 valence electrons. The lowest BCUT2D eigenvalue weighted by Crippen LogP contribution is -2.45. The van der Waals surface area contributed by atoms with E-state index in [9.17, 15) is 4.79 Å². The summed E-state index contributed by atoms with van der Waals surface area (Å²) in [6.45, 7) is 6.89. The summed E-state index contributed by atoms with van der Waals surface area (Å²) in [6, 6.07) is 10.5. The van der Waals surface area contributed by atoms with Gasteiger partial charge in [0.15, 0.2) is 0 Å². The predicted molar refractivity (Wildman–Crippen MR) is 78.2 cm³/mol. The molecule has 20 heavy (non-hydrogen) atoms. The normalized spacial score (nSPS) is 29.6. The summed E-state index contributed by atoms with van der Waals surface area (Å²) in [7, 11) is 0. The van der Waals surface area contributed by atoms with E-state index >= 15 is 0 Å².